The summed E-state index contributed by atoms with van der Waals surface area (Å²) in [7, 11) is 0. The Morgan fingerprint density at radius 2 is 2.44 bits per heavy atom. The van der Waals surface area contributed by atoms with Gasteiger partial charge in [0, 0.05) is 5.56 Å². The first-order chi connectivity index (χ1) is 4.22. The Labute approximate surface area is 58.8 Å². The first-order valence-corrected chi connectivity index (χ1v) is 3.20. The van der Waals surface area contributed by atoms with Crippen LogP contribution in [0.2, 0.25) is 0 Å². The third-order valence-electron chi connectivity index (χ3n) is 1.22. The zero-order chi connectivity index (χ0) is 6.85. The minimum absolute atomic E-state index is 0.00347. The number of nitrogens with zero attached hydrogens (tertiary/aromatic N) is 1. The predicted octanol–water partition coefficient (Wildman–Crippen LogP) is 2.28. The lowest BCUT2D eigenvalue weighted by atomic mass is 10.2. The van der Waals surface area contributed by atoms with Crippen molar-refractivity contribution in [1.82, 2.24) is 5.16 Å². The quantitative estimate of drug-likeness (QED) is 0.567. The summed E-state index contributed by atoms with van der Waals surface area (Å²) in [5, 5.41) is 3.67. The summed E-state index contributed by atoms with van der Waals surface area (Å²) in [5.41, 5.74) is 1.84. The maximum absolute atomic E-state index is 5.75. The van der Waals surface area contributed by atoms with Crippen LogP contribution in [0, 0.1) is 6.92 Å². The summed E-state index contributed by atoms with van der Waals surface area (Å²) < 4.78 is 4.67. The largest absolute Gasteiger partial charge is 0.364 e. The molecule has 9 heavy (non-hydrogen) atoms. The van der Waals surface area contributed by atoms with Crippen molar-refractivity contribution < 1.29 is 4.52 Å². The van der Waals surface area contributed by atoms with Gasteiger partial charge in [-0.2, -0.15) is 0 Å². The van der Waals surface area contributed by atoms with Gasteiger partial charge >= 0.3 is 0 Å². The van der Waals surface area contributed by atoms with Gasteiger partial charge in [-0.1, -0.05) is 5.16 Å². The fraction of sp³-hybridized carbons (Fsp3) is 0.500. The van der Waals surface area contributed by atoms with Gasteiger partial charge in [0.15, 0.2) is 0 Å². The molecule has 2 nitrogen and oxygen atoms in total. The van der Waals surface area contributed by atoms with Crippen LogP contribution in [0.1, 0.15) is 23.6 Å². The number of halogens is 1. The van der Waals surface area contributed by atoms with E-state index in [4.69, 9.17) is 11.6 Å². The predicted molar refractivity (Wildman–Crippen MR) is 35.5 cm³/mol. The van der Waals surface area contributed by atoms with Crippen LogP contribution in [0.15, 0.2) is 10.8 Å². The molecule has 1 heterocycles. The van der Waals surface area contributed by atoms with Gasteiger partial charge in [-0.05, 0) is 13.8 Å². The molecule has 0 bridgehead atoms. The van der Waals surface area contributed by atoms with E-state index in [9.17, 15) is 0 Å². The van der Waals surface area contributed by atoms with Crippen molar-refractivity contribution in [3.8, 4) is 0 Å². The third-order valence-corrected chi connectivity index (χ3v) is 1.45. The van der Waals surface area contributed by atoms with Crippen LogP contribution in [0.5, 0.6) is 0 Å². The van der Waals surface area contributed by atoms with Crippen LogP contribution in [-0.4, -0.2) is 5.16 Å². The molecule has 0 fully saturated rings. The molecule has 1 aromatic rings. The van der Waals surface area contributed by atoms with E-state index in [1.807, 2.05) is 13.8 Å². The lowest BCUT2D eigenvalue weighted by molar-refractivity contribution is 0.414. The Morgan fingerprint density at radius 1 is 1.78 bits per heavy atom. The molecule has 3 heteroatoms. The number of hydrogen-bond donors (Lipinski definition) is 0. The molecule has 0 N–H and O–H groups in total. The third kappa shape index (κ3) is 1.24. The first-order valence-electron chi connectivity index (χ1n) is 2.76. The standard InChI is InChI=1S/C6H8ClNO/c1-4(7)6-3-9-8-5(6)2/h3-4H,1-2H3. The van der Waals surface area contributed by atoms with E-state index < -0.39 is 0 Å². The molecule has 1 aromatic heterocycles. The van der Waals surface area contributed by atoms with Gasteiger partial charge in [0.25, 0.3) is 0 Å². The minimum atomic E-state index is -0.00347. The highest BCUT2D eigenvalue weighted by Gasteiger charge is 2.07. The molecule has 0 aromatic carbocycles. The second-order valence-electron chi connectivity index (χ2n) is 1.97. The summed E-state index contributed by atoms with van der Waals surface area (Å²) in [5.74, 6) is 0. The van der Waals surface area contributed by atoms with Gasteiger partial charge in [-0.25, -0.2) is 0 Å². The molecule has 0 saturated carbocycles. The molecular formula is C6H8ClNO. The van der Waals surface area contributed by atoms with E-state index in [2.05, 4.69) is 9.68 Å². The van der Waals surface area contributed by atoms with Crippen molar-refractivity contribution in [2.75, 3.05) is 0 Å². The number of aryl methyl sites for hydroxylation is 1. The second-order valence-corrected chi connectivity index (χ2v) is 2.63. The number of rotatable bonds is 1. The monoisotopic (exact) mass is 145 g/mol. The van der Waals surface area contributed by atoms with Crippen LogP contribution < -0.4 is 0 Å². The summed E-state index contributed by atoms with van der Waals surface area (Å²) in [6.07, 6.45) is 1.58. The van der Waals surface area contributed by atoms with Crippen molar-refractivity contribution in [1.29, 1.82) is 0 Å². The molecule has 0 aliphatic heterocycles. The van der Waals surface area contributed by atoms with E-state index in [-0.39, 0.29) is 5.38 Å². The van der Waals surface area contributed by atoms with Crippen molar-refractivity contribution in [2.24, 2.45) is 0 Å². The molecule has 0 saturated heterocycles. The summed E-state index contributed by atoms with van der Waals surface area (Å²) in [4.78, 5) is 0. The Bertz CT molecular complexity index is 195. The molecular weight excluding hydrogens is 138 g/mol. The zero-order valence-electron chi connectivity index (χ0n) is 5.39. The van der Waals surface area contributed by atoms with Crippen molar-refractivity contribution in [3.05, 3.63) is 17.5 Å². The van der Waals surface area contributed by atoms with Crippen LogP contribution in [0.3, 0.4) is 0 Å². The van der Waals surface area contributed by atoms with Crippen LogP contribution in [0.25, 0.3) is 0 Å². The van der Waals surface area contributed by atoms with Gasteiger partial charge in [0.2, 0.25) is 0 Å². The van der Waals surface area contributed by atoms with Crippen molar-refractivity contribution in [2.45, 2.75) is 19.2 Å². The van der Waals surface area contributed by atoms with Gasteiger partial charge in [0.05, 0.1) is 11.1 Å². The Morgan fingerprint density at radius 3 is 2.67 bits per heavy atom. The highest BCUT2D eigenvalue weighted by Crippen LogP contribution is 2.21. The average Bonchev–Trinajstić information content (AvgIpc) is 2.13. The van der Waals surface area contributed by atoms with Gasteiger partial charge in [0.1, 0.15) is 6.26 Å². The van der Waals surface area contributed by atoms with Crippen LogP contribution >= 0.6 is 11.6 Å². The summed E-state index contributed by atoms with van der Waals surface area (Å²) in [6, 6.07) is 0. The molecule has 0 spiro atoms. The highest BCUT2D eigenvalue weighted by molar-refractivity contribution is 6.20. The minimum Gasteiger partial charge on any atom is -0.364 e. The first kappa shape index (κ1) is 6.62. The second kappa shape index (κ2) is 2.40. The fourth-order valence-corrected chi connectivity index (χ4v) is 0.891. The molecule has 1 rings (SSSR count). The molecule has 0 amide bonds. The van der Waals surface area contributed by atoms with Gasteiger partial charge < -0.3 is 4.52 Å². The van der Waals surface area contributed by atoms with Gasteiger partial charge in [-0.3, -0.25) is 0 Å². The fourth-order valence-electron chi connectivity index (χ4n) is 0.682. The van der Waals surface area contributed by atoms with Gasteiger partial charge in [-0.15, -0.1) is 11.6 Å². The van der Waals surface area contributed by atoms with E-state index in [1.54, 1.807) is 6.26 Å². The van der Waals surface area contributed by atoms with Crippen LogP contribution in [0.4, 0.5) is 0 Å². The normalized spacial score (nSPS) is 13.7. The lowest BCUT2D eigenvalue weighted by Gasteiger charge is -1.94. The molecule has 0 radical (unpaired) electrons. The number of aromatic nitrogens is 1. The number of hydrogen-bond acceptors (Lipinski definition) is 2. The number of alkyl halides is 1. The lowest BCUT2D eigenvalue weighted by Crippen LogP contribution is -1.83. The Hall–Kier alpha value is -0.500. The van der Waals surface area contributed by atoms with E-state index in [0.29, 0.717) is 0 Å². The summed E-state index contributed by atoms with van der Waals surface area (Å²) in [6.45, 7) is 3.76. The zero-order valence-corrected chi connectivity index (χ0v) is 6.14. The van der Waals surface area contributed by atoms with E-state index >= 15 is 0 Å². The highest BCUT2D eigenvalue weighted by atomic mass is 35.5. The molecule has 50 valence electrons. The van der Waals surface area contributed by atoms with Crippen LogP contribution in [-0.2, 0) is 0 Å². The Kier molecular flexibility index (Phi) is 1.76. The maximum Gasteiger partial charge on any atom is 0.128 e. The summed E-state index contributed by atoms with van der Waals surface area (Å²) >= 11 is 5.75. The van der Waals surface area contributed by atoms with Crippen molar-refractivity contribution >= 4 is 11.6 Å². The molecule has 0 aliphatic carbocycles. The van der Waals surface area contributed by atoms with E-state index in [1.165, 1.54) is 0 Å². The molecule has 1 unspecified atom stereocenters. The van der Waals surface area contributed by atoms with Crippen molar-refractivity contribution in [3.63, 3.8) is 0 Å². The Balaban J connectivity index is 2.94. The SMILES string of the molecule is Cc1nocc1C(C)Cl. The maximum atomic E-state index is 5.75. The smallest absolute Gasteiger partial charge is 0.128 e. The molecule has 1 atom stereocenters. The average molecular weight is 146 g/mol. The topological polar surface area (TPSA) is 26.0 Å². The molecule has 0 aliphatic rings. The van der Waals surface area contributed by atoms with E-state index in [0.717, 1.165) is 11.3 Å².